The molecule has 3 N–H and O–H groups in total. The van der Waals surface area contributed by atoms with Crippen molar-refractivity contribution in [3.05, 3.63) is 29.6 Å². The highest BCUT2D eigenvalue weighted by Crippen LogP contribution is 2.14. The quantitative estimate of drug-likeness (QED) is 0.691. The van der Waals surface area contributed by atoms with Gasteiger partial charge in [0.2, 0.25) is 0 Å². The molecule has 0 bridgehead atoms. The molecule has 0 atom stereocenters. The lowest BCUT2D eigenvalue weighted by molar-refractivity contribution is 0.305. The summed E-state index contributed by atoms with van der Waals surface area (Å²) >= 11 is 0. The van der Waals surface area contributed by atoms with Gasteiger partial charge in [-0.1, -0.05) is 18.8 Å². The number of hydrogen-bond acceptors (Lipinski definition) is 3. The second kappa shape index (κ2) is 7.85. The van der Waals surface area contributed by atoms with Crippen molar-refractivity contribution in [2.75, 3.05) is 17.9 Å². The normalized spacial score (nSPS) is 10.8. The largest absolute Gasteiger partial charge is 0.395 e. The van der Waals surface area contributed by atoms with E-state index in [9.17, 15) is 12.8 Å². The third-order valence-electron chi connectivity index (χ3n) is 2.22. The summed E-state index contributed by atoms with van der Waals surface area (Å²) in [6.07, 6.45) is 0.898. The van der Waals surface area contributed by atoms with Crippen LogP contribution < -0.4 is 9.44 Å². The first-order valence-corrected chi connectivity index (χ1v) is 7.63. The molecular weight excluding hydrogens is 283 g/mol. The van der Waals surface area contributed by atoms with E-state index in [1.54, 1.807) is 0 Å². The van der Waals surface area contributed by atoms with Gasteiger partial charge in [0.1, 0.15) is 5.82 Å². The number of aliphatic hydroxyl groups excluding tert-OH is 1. The molecule has 0 spiro atoms. The lowest BCUT2D eigenvalue weighted by atomic mass is 10.2. The highest BCUT2D eigenvalue weighted by molar-refractivity contribution is 7.90. The summed E-state index contributed by atoms with van der Waals surface area (Å²) in [6, 6.07) is 3.77. The van der Waals surface area contributed by atoms with Gasteiger partial charge < -0.3 is 5.11 Å². The van der Waals surface area contributed by atoms with Crippen molar-refractivity contribution >= 4 is 15.9 Å². The molecule has 7 heteroatoms. The van der Waals surface area contributed by atoms with Gasteiger partial charge in [-0.25, -0.2) is 4.39 Å². The summed E-state index contributed by atoms with van der Waals surface area (Å²) in [6.45, 7) is 2.05. The van der Waals surface area contributed by atoms with Gasteiger partial charge in [-0.15, -0.1) is 0 Å². The zero-order valence-electron chi connectivity index (χ0n) is 11.1. The molecule has 0 saturated heterocycles. The fourth-order valence-corrected chi connectivity index (χ4v) is 2.31. The third-order valence-corrected chi connectivity index (χ3v) is 3.31. The molecule has 5 nitrogen and oxygen atoms in total. The van der Waals surface area contributed by atoms with Crippen molar-refractivity contribution in [3.63, 3.8) is 0 Å². The summed E-state index contributed by atoms with van der Waals surface area (Å²) < 4.78 is 41.4. The van der Waals surface area contributed by atoms with Gasteiger partial charge in [-0.05, 0) is 24.6 Å². The number of hydrogen-bond donors (Lipinski definition) is 3. The average Bonchev–Trinajstić information content (AvgIpc) is 2.40. The smallest absolute Gasteiger partial charge is 0.299 e. The van der Waals surface area contributed by atoms with Crippen molar-refractivity contribution in [3.8, 4) is 11.8 Å². The lowest BCUT2D eigenvalue weighted by Gasteiger charge is -2.09. The average molecular weight is 300 g/mol. The monoisotopic (exact) mass is 300 g/mol. The van der Waals surface area contributed by atoms with E-state index < -0.39 is 16.0 Å². The van der Waals surface area contributed by atoms with Crippen molar-refractivity contribution in [2.45, 2.75) is 19.8 Å². The molecule has 0 fully saturated rings. The Morgan fingerprint density at radius 1 is 1.40 bits per heavy atom. The van der Waals surface area contributed by atoms with E-state index in [-0.39, 0.29) is 24.3 Å². The number of rotatable bonds is 6. The van der Waals surface area contributed by atoms with Crippen molar-refractivity contribution in [1.29, 1.82) is 0 Å². The van der Waals surface area contributed by atoms with E-state index in [4.69, 9.17) is 5.11 Å². The van der Waals surface area contributed by atoms with Gasteiger partial charge in [0, 0.05) is 13.0 Å². The molecule has 0 amide bonds. The molecule has 0 saturated carbocycles. The first kappa shape index (κ1) is 16.4. The first-order chi connectivity index (χ1) is 9.48. The van der Waals surface area contributed by atoms with Crippen LogP contribution in [0.3, 0.4) is 0 Å². The van der Waals surface area contributed by atoms with Crippen LogP contribution in [0.2, 0.25) is 0 Å². The molecule has 0 aliphatic heterocycles. The minimum absolute atomic E-state index is 0.0779. The van der Waals surface area contributed by atoms with E-state index in [1.165, 1.54) is 12.1 Å². The molecule has 1 aromatic rings. The van der Waals surface area contributed by atoms with Crippen LogP contribution in [0.15, 0.2) is 18.2 Å². The van der Waals surface area contributed by atoms with Crippen LogP contribution in [0.5, 0.6) is 0 Å². The zero-order chi connectivity index (χ0) is 15.0. The van der Waals surface area contributed by atoms with Gasteiger partial charge in [0.05, 0.1) is 17.9 Å². The second-order valence-corrected chi connectivity index (χ2v) is 5.47. The van der Waals surface area contributed by atoms with Crippen LogP contribution in [0.25, 0.3) is 0 Å². The van der Waals surface area contributed by atoms with Crippen LogP contribution >= 0.6 is 0 Å². The van der Waals surface area contributed by atoms with Gasteiger partial charge >= 0.3 is 0 Å². The van der Waals surface area contributed by atoms with Gasteiger partial charge in [0.25, 0.3) is 10.2 Å². The van der Waals surface area contributed by atoms with E-state index in [2.05, 4.69) is 21.3 Å². The molecule has 0 unspecified atom stereocenters. The molecule has 0 aliphatic carbocycles. The minimum Gasteiger partial charge on any atom is -0.395 e. The Balaban J connectivity index is 2.88. The standard InChI is InChI=1S/C13H17FN2O3S/c1-2-8-15-20(18,19)16-12-6-7-13(14)11(10-12)5-3-4-9-17/h6-7,10,15-17H,2,4,8-9H2,1H3. The predicted molar refractivity (Wildman–Crippen MR) is 75.8 cm³/mol. The van der Waals surface area contributed by atoms with Crippen molar-refractivity contribution < 1.29 is 17.9 Å². The maximum atomic E-state index is 13.5. The predicted octanol–water partition coefficient (Wildman–Crippen LogP) is 1.22. The summed E-state index contributed by atoms with van der Waals surface area (Å²) in [5.41, 5.74) is 0.303. The fraction of sp³-hybridized carbons (Fsp3) is 0.385. The molecule has 0 aliphatic rings. The maximum absolute atomic E-state index is 13.5. The Hall–Kier alpha value is -1.62. The highest BCUT2D eigenvalue weighted by atomic mass is 32.2. The summed E-state index contributed by atoms with van der Waals surface area (Å²) in [7, 11) is -3.66. The molecule has 1 aromatic carbocycles. The summed E-state index contributed by atoms with van der Waals surface area (Å²) in [5.74, 6) is 4.58. The Morgan fingerprint density at radius 2 is 2.15 bits per heavy atom. The van der Waals surface area contributed by atoms with Crippen LogP contribution in [0.1, 0.15) is 25.3 Å². The van der Waals surface area contributed by atoms with Crippen LogP contribution in [0.4, 0.5) is 10.1 Å². The summed E-state index contributed by atoms with van der Waals surface area (Å²) in [5, 5.41) is 8.61. The second-order valence-electron chi connectivity index (χ2n) is 3.97. The number of halogens is 1. The lowest BCUT2D eigenvalue weighted by Crippen LogP contribution is -2.30. The van der Waals surface area contributed by atoms with E-state index in [0.717, 1.165) is 6.07 Å². The number of benzene rings is 1. The van der Waals surface area contributed by atoms with Gasteiger partial charge in [-0.2, -0.15) is 13.1 Å². The summed E-state index contributed by atoms with van der Waals surface area (Å²) in [4.78, 5) is 0. The number of nitrogens with one attached hydrogen (secondary N) is 2. The Kier molecular flexibility index (Phi) is 6.45. The molecule has 1 rings (SSSR count). The minimum atomic E-state index is -3.66. The Bertz CT molecular complexity index is 606. The first-order valence-electron chi connectivity index (χ1n) is 6.15. The molecule has 20 heavy (non-hydrogen) atoms. The van der Waals surface area contributed by atoms with Crippen molar-refractivity contribution in [1.82, 2.24) is 4.72 Å². The zero-order valence-corrected chi connectivity index (χ0v) is 11.9. The molecule has 0 heterocycles. The number of anilines is 1. The SMILES string of the molecule is CCCNS(=O)(=O)Nc1ccc(F)c(C#CCCO)c1. The topological polar surface area (TPSA) is 78.4 Å². The maximum Gasteiger partial charge on any atom is 0.299 e. The fourth-order valence-electron chi connectivity index (χ4n) is 1.33. The van der Waals surface area contributed by atoms with E-state index in [1.807, 2.05) is 6.92 Å². The third kappa shape index (κ3) is 5.57. The Morgan fingerprint density at radius 3 is 2.80 bits per heavy atom. The molecular formula is C13H17FN2O3S. The van der Waals surface area contributed by atoms with Gasteiger partial charge in [-0.3, -0.25) is 4.72 Å². The van der Waals surface area contributed by atoms with Crippen LogP contribution in [0, 0.1) is 17.7 Å². The molecule has 110 valence electrons. The highest BCUT2D eigenvalue weighted by Gasteiger charge is 2.09. The van der Waals surface area contributed by atoms with Crippen molar-refractivity contribution in [2.24, 2.45) is 0 Å². The Labute approximate surface area is 118 Å². The van der Waals surface area contributed by atoms with Crippen LogP contribution in [-0.4, -0.2) is 26.7 Å². The molecule has 0 radical (unpaired) electrons. The van der Waals surface area contributed by atoms with Gasteiger partial charge in [0.15, 0.2) is 0 Å². The van der Waals surface area contributed by atoms with E-state index >= 15 is 0 Å². The number of aliphatic hydroxyl groups is 1. The van der Waals surface area contributed by atoms with Crippen LogP contribution in [-0.2, 0) is 10.2 Å². The van der Waals surface area contributed by atoms with E-state index in [0.29, 0.717) is 13.0 Å². The molecule has 0 aromatic heterocycles.